The van der Waals surface area contributed by atoms with Gasteiger partial charge in [0.1, 0.15) is 9.28 Å². The number of aryl methyl sites for hydroxylation is 1. The number of benzene rings is 1. The van der Waals surface area contributed by atoms with Crippen LogP contribution in [-0.2, 0) is 9.84 Å². The first-order valence-corrected chi connectivity index (χ1v) is 12.5. The molecule has 0 atom stereocenters. The number of aliphatic imine (C=N–C) groups is 1. The second kappa shape index (κ2) is 9.27. The van der Waals surface area contributed by atoms with Crippen LogP contribution < -0.4 is 0 Å². The van der Waals surface area contributed by atoms with E-state index in [2.05, 4.69) is 4.99 Å². The van der Waals surface area contributed by atoms with Crippen LogP contribution in [0.25, 0.3) is 5.70 Å². The van der Waals surface area contributed by atoms with E-state index in [0.717, 1.165) is 15.5 Å². The summed E-state index contributed by atoms with van der Waals surface area (Å²) in [6, 6.07) is 7.63. The molecular weight excluding hydrogens is 387 g/mol. The molecule has 0 unspecified atom stereocenters. The fourth-order valence-electron chi connectivity index (χ4n) is 1.82. The van der Waals surface area contributed by atoms with Crippen molar-refractivity contribution >= 4 is 71.6 Å². The average molecular weight is 406 g/mol. The zero-order valence-corrected chi connectivity index (χ0v) is 17.7. The second-order valence-corrected chi connectivity index (χ2v) is 9.88. The van der Waals surface area contributed by atoms with E-state index < -0.39 is 9.84 Å². The largest absolute Gasteiger partial charge is 0.233 e. The van der Waals surface area contributed by atoms with Crippen LogP contribution in [0.15, 0.2) is 34.2 Å². The number of nitrogens with zero attached hydrogens (tertiary/aromatic N) is 1. The molecule has 1 rings (SSSR count). The maximum absolute atomic E-state index is 12.3. The Kier molecular flexibility index (Phi) is 8.37. The summed E-state index contributed by atoms with van der Waals surface area (Å²) in [7, 11) is -3.51. The van der Waals surface area contributed by atoms with E-state index in [0.29, 0.717) is 9.89 Å². The minimum Gasteiger partial charge on any atom is -0.233 e. The lowest BCUT2D eigenvalue weighted by Crippen LogP contribution is -2.11. The van der Waals surface area contributed by atoms with Crippen molar-refractivity contribution in [2.24, 2.45) is 4.99 Å². The van der Waals surface area contributed by atoms with Gasteiger partial charge in [0.05, 0.1) is 9.89 Å². The summed E-state index contributed by atoms with van der Waals surface area (Å²) >= 11 is 9.50. The van der Waals surface area contributed by atoms with Crippen molar-refractivity contribution in [3.63, 3.8) is 0 Å². The van der Waals surface area contributed by atoms with Crippen LogP contribution in [-0.4, -0.2) is 42.0 Å². The van der Waals surface area contributed by atoms with Crippen LogP contribution >= 0.6 is 47.5 Å². The Bertz CT molecular complexity index is 745. The normalized spacial score (nSPS) is 12.6. The van der Waals surface area contributed by atoms with E-state index in [1.807, 2.05) is 43.7 Å². The van der Waals surface area contributed by atoms with Crippen molar-refractivity contribution in [2.75, 3.05) is 25.0 Å². The number of hydrogen-bond acceptors (Lipinski definition) is 7. The Morgan fingerprint density at radius 3 is 2.17 bits per heavy atom. The number of thioether (sulfide) groups is 3. The highest BCUT2D eigenvalue weighted by atomic mass is 32.2. The highest BCUT2D eigenvalue weighted by Gasteiger charge is 2.23. The fraction of sp³-hybridized carbons (Fsp3) is 0.333. The summed E-state index contributed by atoms with van der Waals surface area (Å²) in [5.74, 6) is 0. The van der Waals surface area contributed by atoms with E-state index in [9.17, 15) is 8.42 Å². The molecule has 0 fully saturated rings. The molecule has 1 aromatic carbocycles. The summed E-state index contributed by atoms with van der Waals surface area (Å²) in [6.45, 7) is 1.96. The monoisotopic (exact) mass is 405 g/mol. The predicted molar refractivity (Wildman–Crippen MR) is 114 cm³/mol. The molecule has 1 aromatic rings. The lowest BCUT2D eigenvalue weighted by Gasteiger charge is -2.13. The van der Waals surface area contributed by atoms with Crippen molar-refractivity contribution in [2.45, 2.75) is 6.92 Å². The van der Waals surface area contributed by atoms with Gasteiger partial charge in [0.25, 0.3) is 0 Å². The van der Waals surface area contributed by atoms with Gasteiger partial charge < -0.3 is 0 Å². The SMILES string of the molecule is CSC(=S)/C(=C(\N=C(SC)SC)c1cccc(C)c1)S(C)(=O)=O. The highest BCUT2D eigenvalue weighted by Crippen LogP contribution is 2.30. The smallest absolute Gasteiger partial charge is 0.179 e. The van der Waals surface area contributed by atoms with Gasteiger partial charge >= 0.3 is 0 Å². The zero-order valence-electron chi connectivity index (χ0n) is 13.6. The van der Waals surface area contributed by atoms with Gasteiger partial charge in [-0.05, 0) is 31.8 Å². The molecule has 0 radical (unpaired) electrons. The lowest BCUT2D eigenvalue weighted by molar-refractivity contribution is 0.609. The Morgan fingerprint density at radius 2 is 1.74 bits per heavy atom. The van der Waals surface area contributed by atoms with Crippen LogP contribution in [0.2, 0.25) is 0 Å². The van der Waals surface area contributed by atoms with Crippen molar-refractivity contribution in [3.05, 3.63) is 40.3 Å². The van der Waals surface area contributed by atoms with Crippen molar-refractivity contribution < 1.29 is 8.42 Å². The van der Waals surface area contributed by atoms with Gasteiger partial charge in [-0.25, -0.2) is 13.4 Å². The molecule has 3 nitrogen and oxygen atoms in total. The molecule has 0 spiro atoms. The minimum absolute atomic E-state index is 0.117. The molecule has 0 aromatic heterocycles. The molecule has 0 aliphatic heterocycles. The van der Waals surface area contributed by atoms with Gasteiger partial charge in [0.15, 0.2) is 9.84 Å². The summed E-state index contributed by atoms with van der Waals surface area (Å²) in [4.78, 5) is 4.72. The molecule has 0 aliphatic rings. The van der Waals surface area contributed by atoms with Gasteiger partial charge in [0.2, 0.25) is 0 Å². The number of hydrogen-bond donors (Lipinski definition) is 0. The molecule has 0 amide bonds. The summed E-state index contributed by atoms with van der Waals surface area (Å²) in [5.41, 5.74) is 2.20. The third-order valence-electron chi connectivity index (χ3n) is 2.80. The lowest BCUT2D eigenvalue weighted by atomic mass is 10.1. The first-order chi connectivity index (χ1) is 10.7. The number of sulfone groups is 1. The van der Waals surface area contributed by atoms with Crippen LogP contribution in [0.3, 0.4) is 0 Å². The topological polar surface area (TPSA) is 46.5 Å². The molecule has 0 N–H and O–H groups in total. The summed E-state index contributed by atoms with van der Waals surface area (Å²) in [6.07, 6.45) is 6.77. The van der Waals surface area contributed by atoms with Crippen molar-refractivity contribution in [1.29, 1.82) is 0 Å². The van der Waals surface area contributed by atoms with E-state index in [1.54, 1.807) is 6.26 Å². The zero-order chi connectivity index (χ0) is 17.6. The van der Waals surface area contributed by atoms with Crippen LogP contribution in [0, 0.1) is 6.92 Å². The average Bonchev–Trinajstić information content (AvgIpc) is 2.49. The summed E-state index contributed by atoms with van der Waals surface area (Å²) in [5, 5.41) is 0. The minimum atomic E-state index is -3.51. The molecule has 23 heavy (non-hydrogen) atoms. The van der Waals surface area contributed by atoms with Gasteiger partial charge in [-0.1, -0.05) is 36.0 Å². The molecule has 0 saturated carbocycles. The van der Waals surface area contributed by atoms with E-state index in [4.69, 9.17) is 12.2 Å². The Morgan fingerprint density at radius 1 is 1.13 bits per heavy atom. The molecule has 0 heterocycles. The third-order valence-corrected chi connectivity index (χ3v) is 7.36. The maximum Gasteiger partial charge on any atom is 0.179 e. The highest BCUT2D eigenvalue weighted by molar-refractivity contribution is 8.38. The summed E-state index contributed by atoms with van der Waals surface area (Å²) < 4.78 is 25.8. The van der Waals surface area contributed by atoms with Crippen LogP contribution in [0.4, 0.5) is 0 Å². The molecule has 0 aliphatic carbocycles. The van der Waals surface area contributed by atoms with Gasteiger partial charge in [-0.2, -0.15) is 0 Å². The predicted octanol–water partition coefficient (Wildman–Crippen LogP) is 4.48. The fourth-order valence-corrected chi connectivity index (χ4v) is 5.21. The molecule has 0 saturated heterocycles. The second-order valence-electron chi connectivity index (χ2n) is 4.60. The van der Waals surface area contributed by atoms with Crippen LogP contribution in [0.5, 0.6) is 0 Å². The van der Waals surface area contributed by atoms with Crippen molar-refractivity contribution in [3.8, 4) is 0 Å². The molecule has 126 valence electrons. The maximum atomic E-state index is 12.3. The van der Waals surface area contributed by atoms with E-state index in [-0.39, 0.29) is 4.91 Å². The van der Waals surface area contributed by atoms with Crippen LogP contribution in [0.1, 0.15) is 11.1 Å². The van der Waals surface area contributed by atoms with E-state index >= 15 is 0 Å². The molecule has 8 heteroatoms. The van der Waals surface area contributed by atoms with Gasteiger partial charge in [-0.3, -0.25) is 0 Å². The quantitative estimate of drug-likeness (QED) is 0.318. The van der Waals surface area contributed by atoms with Gasteiger partial charge in [-0.15, -0.1) is 35.3 Å². The first-order valence-electron chi connectivity index (χ1n) is 6.51. The van der Waals surface area contributed by atoms with Crippen molar-refractivity contribution in [1.82, 2.24) is 0 Å². The Labute approximate surface area is 156 Å². The molecular formula is C15H19NO2S5. The number of rotatable bonds is 4. The van der Waals surface area contributed by atoms with E-state index in [1.165, 1.54) is 41.5 Å². The third kappa shape index (κ3) is 5.94. The molecule has 0 bridgehead atoms. The first kappa shape index (κ1) is 20.8. The Hall–Kier alpha value is -0.280. The standard InChI is InChI=1S/C15H19NO2S5/c1-10-7-6-8-11(9-10)12(16-15(21-3)22-4)13(14(19)20-2)23(5,17)18/h6-9H,1-5H3/b13-12+. The van der Waals surface area contributed by atoms with Gasteiger partial charge in [0, 0.05) is 11.8 Å². The Balaban J connectivity index is 3.83. The number of thiocarbonyl (C=S) groups is 1.